The van der Waals surface area contributed by atoms with Crippen molar-refractivity contribution in [2.45, 2.75) is 20.8 Å². The number of anilines is 1. The van der Waals surface area contributed by atoms with Crippen LogP contribution in [-0.2, 0) is 9.59 Å². The largest absolute Gasteiger partial charge is 0.504 e. The number of aromatic hydroxyl groups is 1. The summed E-state index contributed by atoms with van der Waals surface area (Å²) in [6, 6.07) is 10.2. The summed E-state index contributed by atoms with van der Waals surface area (Å²) in [5, 5.41) is 16.0. The maximum Gasteiger partial charge on any atom is 0.329 e. The van der Waals surface area contributed by atoms with Crippen LogP contribution in [0.25, 0.3) is 0 Å². The summed E-state index contributed by atoms with van der Waals surface area (Å²) in [5.74, 6) is -1.36. The average molecular weight is 355 g/mol. The third kappa shape index (κ3) is 4.83. The van der Waals surface area contributed by atoms with Gasteiger partial charge >= 0.3 is 11.8 Å². The molecule has 136 valence electrons. The van der Waals surface area contributed by atoms with E-state index >= 15 is 0 Å². The van der Waals surface area contributed by atoms with E-state index in [0.717, 1.165) is 11.1 Å². The topological polar surface area (TPSA) is 100 Å². The third-order valence-electron chi connectivity index (χ3n) is 3.59. The number of carbonyl (C=O) groups excluding carboxylic acids is 2. The second-order valence-corrected chi connectivity index (χ2v) is 5.58. The first kappa shape index (κ1) is 19.0. The molecule has 0 aliphatic heterocycles. The SMILES string of the molecule is CCOc1cc(C=NNC(=O)C(=O)Nc2c(C)cccc2C)ccc1O. The Hall–Kier alpha value is -3.35. The van der Waals surface area contributed by atoms with E-state index < -0.39 is 11.8 Å². The fraction of sp³-hybridized carbons (Fsp3) is 0.211. The highest BCUT2D eigenvalue weighted by Crippen LogP contribution is 2.26. The molecular weight excluding hydrogens is 334 g/mol. The Morgan fingerprint density at radius 2 is 1.85 bits per heavy atom. The normalized spacial score (nSPS) is 10.6. The molecule has 26 heavy (non-hydrogen) atoms. The van der Waals surface area contributed by atoms with E-state index in [-0.39, 0.29) is 5.75 Å². The van der Waals surface area contributed by atoms with Gasteiger partial charge in [-0.15, -0.1) is 0 Å². The van der Waals surface area contributed by atoms with Crippen LogP contribution in [-0.4, -0.2) is 29.7 Å². The molecule has 0 unspecified atom stereocenters. The highest BCUT2D eigenvalue weighted by Gasteiger charge is 2.15. The van der Waals surface area contributed by atoms with Crippen molar-refractivity contribution in [1.82, 2.24) is 5.43 Å². The monoisotopic (exact) mass is 355 g/mol. The van der Waals surface area contributed by atoms with Crippen molar-refractivity contribution in [2.24, 2.45) is 5.10 Å². The Kier molecular flexibility index (Phi) is 6.32. The van der Waals surface area contributed by atoms with Gasteiger partial charge in [-0.2, -0.15) is 5.10 Å². The van der Waals surface area contributed by atoms with E-state index in [4.69, 9.17) is 4.74 Å². The Bertz CT molecular complexity index is 826. The lowest BCUT2D eigenvalue weighted by atomic mass is 10.1. The van der Waals surface area contributed by atoms with Gasteiger partial charge in [-0.1, -0.05) is 18.2 Å². The number of amides is 2. The van der Waals surface area contributed by atoms with Gasteiger partial charge in [-0.3, -0.25) is 9.59 Å². The van der Waals surface area contributed by atoms with Gasteiger partial charge in [0.2, 0.25) is 0 Å². The number of hydrazone groups is 1. The second kappa shape index (κ2) is 8.66. The summed E-state index contributed by atoms with van der Waals surface area (Å²) in [4.78, 5) is 23.9. The molecule has 0 fully saturated rings. The highest BCUT2D eigenvalue weighted by atomic mass is 16.5. The molecule has 2 aromatic rings. The lowest BCUT2D eigenvalue weighted by molar-refractivity contribution is -0.136. The number of para-hydroxylation sites is 1. The maximum atomic E-state index is 12.0. The number of carbonyl (C=O) groups is 2. The summed E-state index contributed by atoms with van der Waals surface area (Å²) in [5.41, 5.74) is 5.10. The van der Waals surface area contributed by atoms with Crippen LogP contribution in [0.15, 0.2) is 41.5 Å². The van der Waals surface area contributed by atoms with Gasteiger partial charge in [-0.25, -0.2) is 5.43 Å². The molecule has 2 rings (SSSR count). The van der Waals surface area contributed by atoms with Crippen molar-refractivity contribution >= 4 is 23.7 Å². The minimum atomic E-state index is -0.882. The number of nitrogens with one attached hydrogen (secondary N) is 2. The molecule has 0 aromatic heterocycles. The maximum absolute atomic E-state index is 12.0. The molecule has 0 aliphatic carbocycles. The first-order chi connectivity index (χ1) is 12.4. The molecule has 2 aromatic carbocycles. The van der Waals surface area contributed by atoms with Crippen molar-refractivity contribution in [3.63, 3.8) is 0 Å². The van der Waals surface area contributed by atoms with E-state index in [1.54, 1.807) is 19.1 Å². The number of phenolic OH excluding ortho intramolecular Hbond substituents is 1. The first-order valence-corrected chi connectivity index (χ1v) is 8.08. The summed E-state index contributed by atoms with van der Waals surface area (Å²) >= 11 is 0. The second-order valence-electron chi connectivity index (χ2n) is 5.58. The number of rotatable bonds is 5. The smallest absolute Gasteiger partial charge is 0.329 e. The molecule has 0 atom stereocenters. The van der Waals surface area contributed by atoms with Gasteiger partial charge in [0.15, 0.2) is 11.5 Å². The number of ether oxygens (including phenoxy) is 1. The number of aryl methyl sites for hydroxylation is 2. The number of nitrogens with zero attached hydrogens (tertiary/aromatic N) is 1. The molecule has 7 nitrogen and oxygen atoms in total. The predicted molar refractivity (Wildman–Crippen MR) is 99.6 cm³/mol. The zero-order chi connectivity index (χ0) is 19.1. The van der Waals surface area contributed by atoms with Gasteiger partial charge < -0.3 is 15.2 Å². The Morgan fingerprint density at radius 3 is 2.50 bits per heavy atom. The molecule has 0 bridgehead atoms. The first-order valence-electron chi connectivity index (χ1n) is 8.08. The summed E-state index contributed by atoms with van der Waals surface area (Å²) in [6.45, 7) is 5.90. The van der Waals surface area contributed by atoms with Crippen LogP contribution in [0.3, 0.4) is 0 Å². The Balaban J connectivity index is 1.98. The zero-order valence-electron chi connectivity index (χ0n) is 14.9. The lowest BCUT2D eigenvalue weighted by Crippen LogP contribution is -2.32. The van der Waals surface area contributed by atoms with E-state index in [1.807, 2.05) is 32.0 Å². The summed E-state index contributed by atoms with van der Waals surface area (Å²) < 4.78 is 5.27. The van der Waals surface area contributed by atoms with Gasteiger partial charge in [0.1, 0.15) is 0 Å². The quantitative estimate of drug-likeness (QED) is 0.436. The van der Waals surface area contributed by atoms with Crippen molar-refractivity contribution in [3.8, 4) is 11.5 Å². The van der Waals surface area contributed by atoms with Gasteiger partial charge in [0.25, 0.3) is 0 Å². The Morgan fingerprint density at radius 1 is 1.15 bits per heavy atom. The predicted octanol–water partition coefficient (Wildman–Crippen LogP) is 2.50. The summed E-state index contributed by atoms with van der Waals surface area (Å²) in [6.07, 6.45) is 1.35. The Labute approximate surface area is 151 Å². The minimum absolute atomic E-state index is 0.0148. The molecule has 0 saturated heterocycles. The zero-order valence-corrected chi connectivity index (χ0v) is 14.9. The molecular formula is C19H21N3O4. The van der Waals surface area contributed by atoms with Crippen LogP contribution >= 0.6 is 0 Å². The minimum Gasteiger partial charge on any atom is -0.504 e. The van der Waals surface area contributed by atoms with Crippen LogP contribution in [0.5, 0.6) is 11.5 Å². The molecule has 7 heteroatoms. The number of benzene rings is 2. The number of hydrogen-bond acceptors (Lipinski definition) is 5. The molecule has 0 saturated carbocycles. The van der Waals surface area contributed by atoms with Crippen LogP contribution in [0.2, 0.25) is 0 Å². The van der Waals surface area contributed by atoms with Crippen molar-refractivity contribution in [1.29, 1.82) is 0 Å². The van der Waals surface area contributed by atoms with Crippen LogP contribution in [0.4, 0.5) is 5.69 Å². The number of phenols is 1. The van der Waals surface area contributed by atoms with Crippen molar-refractivity contribution < 1.29 is 19.4 Å². The summed E-state index contributed by atoms with van der Waals surface area (Å²) in [7, 11) is 0. The molecule has 0 radical (unpaired) electrons. The van der Waals surface area contributed by atoms with Gasteiger partial charge in [0, 0.05) is 5.69 Å². The fourth-order valence-corrected chi connectivity index (χ4v) is 2.28. The molecule has 0 heterocycles. The van der Waals surface area contributed by atoms with E-state index in [1.165, 1.54) is 12.3 Å². The van der Waals surface area contributed by atoms with Crippen LogP contribution < -0.4 is 15.5 Å². The standard InChI is InChI=1S/C19H21N3O4/c1-4-26-16-10-14(8-9-15(16)23)11-20-22-19(25)18(24)21-17-12(2)6-5-7-13(17)3/h5-11,23H,4H2,1-3H3,(H,21,24)(H,22,25). The van der Waals surface area contributed by atoms with Crippen molar-refractivity contribution in [3.05, 3.63) is 53.1 Å². The molecule has 3 N–H and O–H groups in total. The average Bonchev–Trinajstić information content (AvgIpc) is 2.61. The number of hydrogen-bond donors (Lipinski definition) is 3. The molecule has 0 aliphatic rings. The van der Waals surface area contributed by atoms with Crippen LogP contribution in [0.1, 0.15) is 23.6 Å². The van der Waals surface area contributed by atoms with E-state index in [9.17, 15) is 14.7 Å². The fourth-order valence-electron chi connectivity index (χ4n) is 2.28. The molecule has 2 amide bonds. The van der Waals surface area contributed by atoms with E-state index in [0.29, 0.717) is 23.6 Å². The van der Waals surface area contributed by atoms with Gasteiger partial charge in [0.05, 0.1) is 12.8 Å². The van der Waals surface area contributed by atoms with Crippen molar-refractivity contribution in [2.75, 3.05) is 11.9 Å². The van der Waals surface area contributed by atoms with Gasteiger partial charge in [-0.05, 0) is 55.7 Å². The lowest BCUT2D eigenvalue weighted by Gasteiger charge is -2.10. The third-order valence-corrected chi connectivity index (χ3v) is 3.59. The van der Waals surface area contributed by atoms with E-state index in [2.05, 4.69) is 15.8 Å². The van der Waals surface area contributed by atoms with Crippen LogP contribution in [0, 0.1) is 13.8 Å². The molecule has 0 spiro atoms. The highest BCUT2D eigenvalue weighted by molar-refractivity contribution is 6.39.